The van der Waals surface area contributed by atoms with Gasteiger partial charge in [-0.15, -0.1) is 10.2 Å². The Labute approximate surface area is 211 Å². The van der Waals surface area contributed by atoms with E-state index in [2.05, 4.69) is 20.8 Å². The molecule has 0 unspecified atom stereocenters. The molecule has 0 aliphatic rings. The van der Waals surface area contributed by atoms with Crippen LogP contribution in [0.5, 0.6) is 23.0 Å². The molecule has 35 heavy (non-hydrogen) atoms. The number of aromatic nitrogens is 2. The van der Waals surface area contributed by atoms with Gasteiger partial charge < -0.3 is 24.3 Å². The lowest BCUT2D eigenvalue weighted by atomic mass is 10.2. The Kier molecular flexibility index (Phi) is 9.56. The Balaban J connectivity index is 1.57. The number of thioether (sulfide) groups is 1. The summed E-state index contributed by atoms with van der Waals surface area (Å²) in [5, 5.41) is 13.9. The number of amides is 2. The second-order valence-electron chi connectivity index (χ2n) is 6.76. The van der Waals surface area contributed by atoms with Crippen LogP contribution >= 0.6 is 23.1 Å². The Morgan fingerprint density at radius 3 is 2.37 bits per heavy atom. The van der Waals surface area contributed by atoms with Gasteiger partial charge in [0.05, 0.1) is 38.9 Å². The van der Waals surface area contributed by atoms with E-state index >= 15 is 0 Å². The van der Waals surface area contributed by atoms with Gasteiger partial charge >= 0.3 is 0 Å². The first kappa shape index (κ1) is 26.1. The third-order valence-electron chi connectivity index (χ3n) is 4.44. The van der Waals surface area contributed by atoms with E-state index in [4.69, 9.17) is 18.9 Å². The van der Waals surface area contributed by atoms with E-state index in [1.165, 1.54) is 30.2 Å². The highest BCUT2D eigenvalue weighted by atomic mass is 32.2. The maximum Gasteiger partial charge on any atom is 0.257 e. The largest absolute Gasteiger partial charge is 0.497 e. The number of carbonyl (C=O) groups excluding carboxylic acids is 2. The van der Waals surface area contributed by atoms with Gasteiger partial charge in [-0.1, -0.05) is 23.1 Å². The van der Waals surface area contributed by atoms with Crippen LogP contribution < -0.4 is 29.6 Å². The first-order valence-corrected chi connectivity index (χ1v) is 12.5. The van der Waals surface area contributed by atoms with Crippen LogP contribution in [0.4, 0.5) is 10.8 Å². The molecule has 0 atom stereocenters. The van der Waals surface area contributed by atoms with Crippen LogP contribution in [0.25, 0.3) is 0 Å². The first-order chi connectivity index (χ1) is 17.0. The number of nitrogens with one attached hydrogen (secondary N) is 2. The maximum absolute atomic E-state index is 12.7. The molecule has 2 amide bonds. The number of benzene rings is 2. The van der Waals surface area contributed by atoms with E-state index in [1.54, 1.807) is 43.5 Å². The molecule has 0 bridgehead atoms. The summed E-state index contributed by atoms with van der Waals surface area (Å²) in [5.41, 5.74) is 0.900. The van der Waals surface area contributed by atoms with Crippen LogP contribution in [0.1, 0.15) is 24.2 Å². The monoisotopic (exact) mass is 518 g/mol. The van der Waals surface area contributed by atoms with Gasteiger partial charge in [0, 0.05) is 11.6 Å². The fourth-order valence-corrected chi connectivity index (χ4v) is 4.45. The highest BCUT2D eigenvalue weighted by Gasteiger charge is 2.15. The average molecular weight is 519 g/mol. The normalized spacial score (nSPS) is 10.4. The second-order valence-corrected chi connectivity index (χ2v) is 8.96. The molecule has 186 valence electrons. The molecule has 0 saturated heterocycles. The summed E-state index contributed by atoms with van der Waals surface area (Å²) in [7, 11) is 3.07. The Hall–Kier alpha value is -3.51. The number of hydrogen-bond acceptors (Lipinski definition) is 10. The zero-order valence-corrected chi connectivity index (χ0v) is 21.4. The molecule has 3 aromatic rings. The number of anilines is 2. The van der Waals surface area contributed by atoms with Gasteiger partial charge in [0.15, 0.2) is 15.8 Å². The van der Waals surface area contributed by atoms with Gasteiger partial charge in [-0.2, -0.15) is 0 Å². The van der Waals surface area contributed by atoms with E-state index in [0.717, 1.165) is 0 Å². The molecule has 0 aliphatic heterocycles. The van der Waals surface area contributed by atoms with Crippen molar-refractivity contribution >= 4 is 45.7 Å². The molecule has 1 aromatic heterocycles. The van der Waals surface area contributed by atoms with Crippen molar-refractivity contribution in [1.82, 2.24) is 10.2 Å². The van der Waals surface area contributed by atoms with E-state index in [1.807, 2.05) is 13.8 Å². The lowest BCUT2D eigenvalue weighted by Crippen LogP contribution is -2.14. The summed E-state index contributed by atoms with van der Waals surface area (Å²) < 4.78 is 22.1. The molecular weight excluding hydrogens is 492 g/mol. The van der Waals surface area contributed by atoms with Gasteiger partial charge in [0.25, 0.3) is 5.91 Å². The van der Waals surface area contributed by atoms with Crippen molar-refractivity contribution in [3.8, 4) is 23.0 Å². The van der Waals surface area contributed by atoms with Gasteiger partial charge in [-0.3, -0.25) is 14.9 Å². The summed E-state index contributed by atoms with van der Waals surface area (Å²) in [6, 6.07) is 10.1. The van der Waals surface area contributed by atoms with Crippen molar-refractivity contribution in [2.75, 3.05) is 43.8 Å². The van der Waals surface area contributed by atoms with Gasteiger partial charge in [-0.05, 0) is 44.2 Å². The van der Waals surface area contributed by atoms with Gasteiger partial charge in [-0.25, -0.2) is 0 Å². The minimum absolute atomic E-state index is 0.0968. The molecular formula is C23H26N4O6S2. The Morgan fingerprint density at radius 1 is 0.914 bits per heavy atom. The highest BCUT2D eigenvalue weighted by molar-refractivity contribution is 8.01. The Bertz CT molecular complexity index is 1170. The Morgan fingerprint density at radius 2 is 1.66 bits per heavy atom. The molecule has 0 aliphatic carbocycles. The fourth-order valence-electron chi connectivity index (χ4n) is 2.91. The number of rotatable bonds is 12. The molecule has 12 heteroatoms. The van der Waals surface area contributed by atoms with Crippen molar-refractivity contribution in [3.63, 3.8) is 0 Å². The third kappa shape index (κ3) is 7.23. The molecule has 10 nitrogen and oxygen atoms in total. The van der Waals surface area contributed by atoms with Crippen molar-refractivity contribution in [3.05, 3.63) is 42.0 Å². The zero-order valence-electron chi connectivity index (χ0n) is 19.7. The van der Waals surface area contributed by atoms with Crippen molar-refractivity contribution in [2.45, 2.75) is 18.2 Å². The van der Waals surface area contributed by atoms with Crippen molar-refractivity contribution < 1.29 is 28.5 Å². The van der Waals surface area contributed by atoms with Gasteiger partial charge in [0.1, 0.15) is 11.5 Å². The summed E-state index contributed by atoms with van der Waals surface area (Å²) in [5.74, 6) is 1.68. The lowest BCUT2D eigenvalue weighted by Gasteiger charge is -2.12. The van der Waals surface area contributed by atoms with Crippen LogP contribution in [0.3, 0.4) is 0 Å². The summed E-state index contributed by atoms with van der Waals surface area (Å²) in [6.45, 7) is 4.67. The molecule has 2 N–H and O–H groups in total. The minimum Gasteiger partial charge on any atom is -0.497 e. The third-order valence-corrected chi connectivity index (χ3v) is 6.41. The quantitative estimate of drug-likeness (QED) is 0.266. The number of carbonyl (C=O) groups is 2. The van der Waals surface area contributed by atoms with Gasteiger partial charge in [0.2, 0.25) is 11.0 Å². The molecule has 0 fully saturated rings. The molecule has 1 heterocycles. The zero-order chi connectivity index (χ0) is 25.2. The number of methoxy groups -OCH3 is 2. The van der Waals surface area contributed by atoms with E-state index in [9.17, 15) is 9.59 Å². The predicted octanol–water partition coefficient (Wildman–Crippen LogP) is 4.34. The van der Waals surface area contributed by atoms with E-state index < -0.39 is 0 Å². The maximum atomic E-state index is 12.7. The first-order valence-electron chi connectivity index (χ1n) is 10.7. The molecule has 0 radical (unpaired) electrons. The van der Waals surface area contributed by atoms with Crippen molar-refractivity contribution in [1.29, 1.82) is 0 Å². The molecule has 0 spiro atoms. The average Bonchev–Trinajstić information content (AvgIpc) is 3.31. The number of hydrogen-bond donors (Lipinski definition) is 2. The SMILES string of the molecule is CCOc1ccc(C(=O)Nc2nnc(SCC(=O)Nc3cc(OC)ccc3OC)s2)cc1OCC. The molecule has 3 rings (SSSR count). The molecule has 2 aromatic carbocycles. The number of ether oxygens (including phenoxy) is 4. The summed E-state index contributed by atoms with van der Waals surface area (Å²) in [6.07, 6.45) is 0. The van der Waals surface area contributed by atoms with Crippen LogP contribution in [-0.2, 0) is 4.79 Å². The fraction of sp³-hybridized carbons (Fsp3) is 0.304. The standard InChI is InChI=1S/C23H26N4O6S2/c1-5-32-18-9-7-14(11-19(18)33-6-2)21(29)25-22-26-27-23(35-22)34-13-20(28)24-16-12-15(30-3)8-10-17(16)31-4/h7-12H,5-6,13H2,1-4H3,(H,24,28)(H,25,26,29). The van der Waals surface area contributed by atoms with E-state index in [0.29, 0.717) is 56.9 Å². The molecule has 0 saturated carbocycles. The predicted molar refractivity (Wildman–Crippen MR) is 136 cm³/mol. The minimum atomic E-state index is -0.357. The topological polar surface area (TPSA) is 121 Å². The van der Waals surface area contributed by atoms with Crippen molar-refractivity contribution in [2.24, 2.45) is 0 Å². The smallest absolute Gasteiger partial charge is 0.257 e. The van der Waals surface area contributed by atoms with Crippen LogP contribution in [-0.4, -0.2) is 55.2 Å². The second kappa shape index (κ2) is 12.8. The number of nitrogens with zero attached hydrogens (tertiary/aromatic N) is 2. The highest BCUT2D eigenvalue weighted by Crippen LogP contribution is 2.31. The lowest BCUT2D eigenvalue weighted by molar-refractivity contribution is -0.113. The van der Waals surface area contributed by atoms with Crippen LogP contribution in [0.15, 0.2) is 40.7 Å². The summed E-state index contributed by atoms with van der Waals surface area (Å²) in [4.78, 5) is 25.1. The van der Waals surface area contributed by atoms with E-state index in [-0.39, 0.29) is 17.6 Å². The van der Waals surface area contributed by atoms with Crippen LogP contribution in [0.2, 0.25) is 0 Å². The van der Waals surface area contributed by atoms with Crippen LogP contribution in [0, 0.1) is 0 Å². The summed E-state index contributed by atoms with van der Waals surface area (Å²) >= 11 is 2.38.